The zero-order chi connectivity index (χ0) is 13.7. The maximum atomic E-state index is 12.0. The molecule has 1 amide bonds. The predicted molar refractivity (Wildman–Crippen MR) is 73.9 cm³/mol. The van der Waals surface area contributed by atoms with Gasteiger partial charge in [-0.15, -0.1) is 0 Å². The van der Waals surface area contributed by atoms with Crippen LogP contribution in [0.15, 0.2) is 22.7 Å². The van der Waals surface area contributed by atoms with Gasteiger partial charge in [0.1, 0.15) is 5.75 Å². The lowest BCUT2D eigenvalue weighted by atomic mass is 10.1. The van der Waals surface area contributed by atoms with E-state index in [0.717, 1.165) is 4.47 Å². The second-order valence-electron chi connectivity index (χ2n) is 4.30. The molecule has 18 heavy (non-hydrogen) atoms. The van der Waals surface area contributed by atoms with E-state index in [4.69, 9.17) is 4.74 Å². The molecule has 0 heterocycles. The third kappa shape index (κ3) is 4.31. The first-order valence-electron chi connectivity index (χ1n) is 5.76. The van der Waals surface area contributed by atoms with E-state index >= 15 is 0 Å². The zero-order valence-electron chi connectivity index (χ0n) is 10.7. The van der Waals surface area contributed by atoms with Gasteiger partial charge in [-0.05, 0) is 38.5 Å². The number of benzene rings is 1. The van der Waals surface area contributed by atoms with Gasteiger partial charge in [-0.25, -0.2) is 0 Å². The lowest BCUT2D eigenvalue weighted by Crippen LogP contribution is -2.34. The topological polar surface area (TPSA) is 58.6 Å². The van der Waals surface area contributed by atoms with Crippen molar-refractivity contribution in [2.24, 2.45) is 0 Å². The van der Waals surface area contributed by atoms with Crippen LogP contribution < -0.4 is 10.1 Å². The van der Waals surface area contributed by atoms with Gasteiger partial charge in [0.25, 0.3) is 5.91 Å². The molecule has 0 aliphatic carbocycles. The van der Waals surface area contributed by atoms with Gasteiger partial charge < -0.3 is 15.2 Å². The van der Waals surface area contributed by atoms with Crippen LogP contribution in [0.25, 0.3) is 0 Å². The molecule has 2 N–H and O–H groups in total. The van der Waals surface area contributed by atoms with E-state index in [0.29, 0.717) is 17.7 Å². The van der Waals surface area contributed by atoms with Gasteiger partial charge in [0, 0.05) is 10.5 Å². The van der Waals surface area contributed by atoms with Gasteiger partial charge in [0.15, 0.2) is 0 Å². The fraction of sp³-hybridized carbons (Fsp3) is 0.462. The molecule has 0 saturated carbocycles. The number of halogens is 1. The number of carbonyl (C=O) groups is 1. The summed E-state index contributed by atoms with van der Waals surface area (Å²) in [5, 5.41) is 12.1. The van der Waals surface area contributed by atoms with Crippen molar-refractivity contribution in [1.29, 1.82) is 0 Å². The molecule has 100 valence electrons. The highest BCUT2D eigenvalue weighted by molar-refractivity contribution is 9.10. The summed E-state index contributed by atoms with van der Waals surface area (Å²) in [5.74, 6) is 0.318. The number of aliphatic hydroxyl groups is 1. The van der Waals surface area contributed by atoms with Crippen LogP contribution >= 0.6 is 15.9 Å². The Labute approximate surface area is 115 Å². The highest BCUT2D eigenvalue weighted by Gasteiger charge is 2.15. The first kappa shape index (κ1) is 15.0. The molecule has 2 unspecified atom stereocenters. The van der Waals surface area contributed by atoms with E-state index in [1.165, 1.54) is 7.11 Å². The van der Waals surface area contributed by atoms with Crippen molar-refractivity contribution in [3.05, 3.63) is 28.2 Å². The number of carbonyl (C=O) groups excluding carboxylic acids is 1. The van der Waals surface area contributed by atoms with Crippen molar-refractivity contribution in [2.45, 2.75) is 32.4 Å². The average Bonchev–Trinajstić information content (AvgIpc) is 2.27. The van der Waals surface area contributed by atoms with Crippen LogP contribution in [0.4, 0.5) is 0 Å². The average molecular weight is 316 g/mol. The van der Waals surface area contributed by atoms with Crippen molar-refractivity contribution in [2.75, 3.05) is 7.11 Å². The van der Waals surface area contributed by atoms with Crippen molar-refractivity contribution in [3.8, 4) is 5.75 Å². The van der Waals surface area contributed by atoms with E-state index in [1.54, 1.807) is 25.1 Å². The molecule has 0 fully saturated rings. The molecule has 0 aromatic heterocycles. The Hall–Kier alpha value is -1.07. The molecule has 0 spiro atoms. The largest absolute Gasteiger partial charge is 0.496 e. The first-order valence-corrected chi connectivity index (χ1v) is 6.55. The molecule has 1 aromatic carbocycles. The molecular weight excluding hydrogens is 298 g/mol. The number of nitrogens with one attached hydrogen (secondary N) is 1. The van der Waals surface area contributed by atoms with Crippen molar-refractivity contribution in [3.63, 3.8) is 0 Å². The second kappa shape index (κ2) is 6.75. The summed E-state index contributed by atoms with van der Waals surface area (Å²) in [6, 6.07) is 5.14. The molecule has 2 atom stereocenters. The van der Waals surface area contributed by atoms with Crippen LogP contribution in [0, 0.1) is 0 Å². The van der Waals surface area contributed by atoms with Gasteiger partial charge in [0.05, 0.1) is 18.8 Å². The molecule has 0 radical (unpaired) electrons. The van der Waals surface area contributed by atoms with E-state index in [2.05, 4.69) is 21.2 Å². The highest BCUT2D eigenvalue weighted by atomic mass is 79.9. The number of ether oxygens (including phenoxy) is 1. The number of aliphatic hydroxyl groups excluding tert-OH is 1. The summed E-state index contributed by atoms with van der Waals surface area (Å²) < 4.78 is 6.02. The summed E-state index contributed by atoms with van der Waals surface area (Å²) in [5.41, 5.74) is 0.484. The van der Waals surface area contributed by atoms with Crippen LogP contribution in [-0.4, -0.2) is 30.3 Å². The number of amides is 1. The summed E-state index contributed by atoms with van der Waals surface area (Å²) in [6.45, 7) is 3.55. The molecule has 0 aliphatic rings. The van der Waals surface area contributed by atoms with Crippen LogP contribution in [0.2, 0.25) is 0 Å². The lowest BCUT2D eigenvalue weighted by Gasteiger charge is -2.16. The van der Waals surface area contributed by atoms with Crippen molar-refractivity contribution in [1.82, 2.24) is 5.32 Å². The maximum absolute atomic E-state index is 12.0. The fourth-order valence-electron chi connectivity index (χ4n) is 1.72. The lowest BCUT2D eigenvalue weighted by molar-refractivity contribution is 0.0920. The summed E-state index contributed by atoms with van der Waals surface area (Å²) >= 11 is 3.33. The molecule has 4 nitrogen and oxygen atoms in total. The SMILES string of the molecule is COc1cc(Br)ccc1C(=O)NC(C)CC(C)O. The zero-order valence-corrected chi connectivity index (χ0v) is 12.3. The minimum atomic E-state index is -0.438. The van der Waals surface area contributed by atoms with Crippen molar-refractivity contribution >= 4 is 21.8 Å². The second-order valence-corrected chi connectivity index (χ2v) is 5.22. The van der Waals surface area contributed by atoms with E-state index in [1.807, 2.05) is 6.92 Å². The number of hydrogen-bond donors (Lipinski definition) is 2. The van der Waals surface area contributed by atoms with Crippen LogP contribution in [0.3, 0.4) is 0 Å². The van der Waals surface area contributed by atoms with Gasteiger partial charge in [-0.3, -0.25) is 4.79 Å². The van der Waals surface area contributed by atoms with E-state index < -0.39 is 6.10 Å². The predicted octanol–water partition coefficient (Wildman–Crippen LogP) is 2.35. The Balaban J connectivity index is 2.78. The molecule has 0 saturated heterocycles. The van der Waals surface area contributed by atoms with Gasteiger partial charge >= 0.3 is 0 Å². The smallest absolute Gasteiger partial charge is 0.255 e. The van der Waals surface area contributed by atoms with Crippen molar-refractivity contribution < 1.29 is 14.6 Å². The minimum Gasteiger partial charge on any atom is -0.496 e. The Bertz CT molecular complexity index is 421. The third-order valence-electron chi connectivity index (χ3n) is 2.48. The number of methoxy groups -OCH3 is 1. The van der Waals surface area contributed by atoms with Gasteiger partial charge in [-0.2, -0.15) is 0 Å². The quantitative estimate of drug-likeness (QED) is 0.877. The first-order chi connectivity index (χ1) is 8.43. The standard InChI is InChI=1S/C13H18BrNO3/c1-8(6-9(2)16)15-13(17)11-5-4-10(14)7-12(11)18-3/h4-5,7-9,16H,6H2,1-3H3,(H,15,17). The molecule has 0 aliphatic heterocycles. The Morgan fingerprint density at radius 2 is 2.17 bits per heavy atom. The summed E-state index contributed by atoms with van der Waals surface area (Å²) in [7, 11) is 1.53. The highest BCUT2D eigenvalue weighted by Crippen LogP contribution is 2.23. The number of rotatable bonds is 5. The normalized spacial score (nSPS) is 13.8. The Kier molecular flexibility index (Phi) is 5.62. The molecular formula is C13H18BrNO3. The van der Waals surface area contributed by atoms with Gasteiger partial charge in [-0.1, -0.05) is 15.9 Å². The Morgan fingerprint density at radius 1 is 1.50 bits per heavy atom. The third-order valence-corrected chi connectivity index (χ3v) is 2.97. The molecule has 0 bridgehead atoms. The fourth-order valence-corrected chi connectivity index (χ4v) is 2.06. The molecule has 1 aromatic rings. The maximum Gasteiger partial charge on any atom is 0.255 e. The van der Waals surface area contributed by atoms with Crippen LogP contribution in [-0.2, 0) is 0 Å². The van der Waals surface area contributed by atoms with E-state index in [9.17, 15) is 9.90 Å². The van der Waals surface area contributed by atoms with E-state index in [-0.39, 0.29) is 11.9 Å². The Morgan fingerprint density at radius 3 is 2.72 bits per heavy atom. The monoisotopic (exact) mass is 315 g/mol. The number of hydrogen-bond acceptors (Lipinski definition) is 3. The summed E-state index contributed by atoms with van der Waals surface area (Å²) in [4.78, 5) is 12.0. The summed E-state index contributed by atoms with van der Waals surface area (Å²) in [6.07, 6.45) is 0.0806. The van der Waals surface area contributed by atoms with Crippen LogP contribution in [0.5, 0.6) is 5.75 Å². The minimum absolute atomic E-state index is 0.0918. The van der Waals surface area contributed by atoms with Gasteiger partial charge in [0.2, 0.25) is 0 Å². The molecule has 5 heteroatoms. The molecule has 1 rings (SSSR count). The van der Waals surface area contributed by atoms with Crippen LogP contribution in [0.1, 0.15) is 30.6 Å².